The Kier molecular flexibility index (Phi) is 4.78. The molecular weight excluding hydrogens is 280 g/mol. The van der Waals surface area contributed by atoms with Crippen LogP contribution >= 0.6 is 0 Å². The second-order valence-electron chi connectivity index (χ2n) is 4.87. The Balaban J connectivity index is 2.24. The molecule has 22 heavy (non-hydrogen) atoms. The van der Waals surface area contributed by atoms with Crippen LogP contribution in [0.5, 0.6) is 5.75 Å². The van der Waals surface area contributed by atoms with Crippen LogP contribution < -0.4 is 15.4 Å². The minimum absolute atomic E-state index is 0.176. The molecule has 2 rings (SSSR count). The fourth-order valence-electron chi connectivity index (χ4n) is 2.03. The van der Waals surface area contributed by atoms with Gasteiger partial charge in [-0.2, -0.15) is 0 Å². The fourth-order valence-corrected chi connectivity index (χ4v) is 2.03. The predicted octanol–water partition coefficient (Wildman–Crippen LogP) is 3.21. The normalized spacial score (nSPS) is 9.95. The number of nitrogens with one attached hydrogen (secondary N) is 2. The summed E-state index contributed by atoms with van der Waals surface area (Å²) in [5.41, 5.74) is 2.57. The molecule has 2 aromatic carbocycles. The zero-order valence-corrected chi connectivity index (χ0v) is 12.8. The van der Waals surface area contributed by atoms with E-state index < -0.39 is 0 Å². The summed E-state index contributed by atoms with van der Waals surface area (Å²) in [6.45, 7) is 3.30. The first-order valence-electron chi connectivity index (χ1n) is 6.84. The SMILES string of the molecule is COc1ccccc1NC(=O)c1ccc(C)c(NC(C)=O)c1. The van der Waals surface area contributed by atoms with Gasteiger partial charge in [0, 0.05) is 18.2 Å². The van der Waals surface area contributed by atoms with E-state index in [1.165, 1.54) is 6.92 Å². The number of benzene rings is 2. The van der Waals surface area contributed by atoms with Crippen molar-refractivity contribution in [3.05, 3.63) is 53.6 Å². The third kappa shape index (κ3) is 3.63. The molecule has 0 heterocycles. The molecule has 2 N–H and O–H groups in total. The number of para-hydroxylation sites is 2. The molecule has 0 aliphatic heterocycles. The first kappa shape index (κ1) is 15.6. The molecular formula is C17H18N2O3. The van der Waals surface area contributed by atoms with E-state index in [1.807, 2.05) is 19.1 Å². The largest absolute Gasteiger partial charge is 0.495 e. The standard InChI is InChI=1S/C17H18N2O3/c1-11-8-9-13(10-15(11)18-12(2)20)17(21)19-14-6-4-5-7-16(14)22-3/h4-10H,1-3H3,(H,18,20)(H,19,21). The Morgan fingerprint density at radius 2 is 1.73 bits per heavy atom. The number of ether oxygens (including phenoxy) is 1. The van der Waals surface area contributed by atoms with Crippen molar-refractivity contribution in [2.45, 2.75) is 13.8 Å². The van der Waals surface area contributed by atoms with Crippen molar-refractivity contribution >= 4 is 23.2 Å². The van der Waals surface area contributed by atoms with Crippen molar-refractivity contribution in [3.63, 3.8) is 0 Å². The fraction of sp³-hybridized carbons (Fsp3) is 0.176. The Labute approximate surface area is 129 Å². The summed E-state index contributed by atoms with van der Waals surface area (Å²) in [6, 6.07) is 12.3. The summed E-state index contributed by atoms with van der Waals surface area (Å²) < 4.78 is 5.21. The van der Waals surface area contributed by atoms with Gasteiger partial charge in [-0.05, 0) is 36.8 Å². The number of anilines is 2. The van der Waals surface area contributed by atoms with Gasteiger partial charge in [-0.15, -0.1) is 0 Å². The third-order valence-corrected chi connectivity index (χ3v) is 3.17. The van der Waals surface area contributed by atoms with Gasteiger partial charge in [0.2, 0.25) is 5.91 Å². The zero-order chi connectivity index (χ0) is 16.1. The maximum absolute atomic E-state index is 12.4. The number of methoxy groups -OCH3 is 1. The second kappa shape index (κ2) is 6.76. The molecule has 2 aromatic rings. The summed E-state index contributed by atoms with van der Waals surface area (Å²) >= 11 is 0. The van der Waals surface area contributed by atoms with Crippen molar-refractivity contribution in [2.24, 2.45) is 0 Å². The van der Waals surface area contributed by atoms with Gasteiger partial charge in [-0.25, -0.2) is 0 Å². The molecule has 0 aromatic heterocycles. The highest BCUT2D eigenvalue weighted by Gasteiger charge is 2.11. The first-order valence-corrected chi connectivity index (χ1v) is 6.84. The highest BCUT2D eigenvalue weighted by atomic mass is 16.5. The lowest BCUT2D eigenvalue weighted by Gasteiger charge is -2.12. The number of rotatable bonds is 4. The lowest BCUT2D eigenvalue weighted by molar-refractivity contribution is -0.114. The molecule has 5 nitrogen and oxygen atoms in total. The summed E-state index contributed by atoms with van der Waals surface area (Å²) in [6.07, 6.45) is 0. The van der Waals surface area contributed by atoms with Gasteiger partial charge in [0.1, 0.15) is 5.75 Å². The number of hydrogen-bond acceptors (Lipinski definition) is 3. The van der Waals surface area contributed by atoms with Gasteiger partial charge in [0.25, 0.3) is 5.91 Å². The second-order valence-corrected chi connectivity index (χ2v) is 4.87. The van der Waals surface area contributed by atoms with Gasteiger partial charge < -0.3 is 15.4 Å². The number of aryl methyl sites for hydroxylation is 1. The van der Waals surface area contributed by atoms with Crippen LogP contribution in [0.2, 0.25) is 0 Å². The van der Waals surface area contributed by atoms with Gasteiger partial charge in [0.15, 0.2) is 0 Å². The molecule has 0 saturated carbocycles. The number of carbonyl (C=O) groups excluding carboxylic acids is 2. The van der Waals surface area contributed by atoms with Gasteiger partial charge in [-0.1, -0.05) is 18.2 Å². The van der Waals surface area contributed by atoms with Crippen LogP contribution in [0.25, 0.3) is 0 Å². The quantitative estimate of drug-likeness (QED) is 0.910. The highest BCUT2D eigenvalue weighted by Crippen LogP contribution is 2.24. The van der Waals surface area contributed by atoms with Crippen LogP contribution in [0.1, 0.15) is 22.8 Å². The maximum Gasteiger partial charge on any atom is 0.255 e. The molecule has 0 aliphatic carbocycles. The summed E-state index contributed by atoms with van der Waals surface area (Å²) in [7, 11) is 1.55. The first-order chi connectivity index (χ1) is 10.5. The van der Waals surface area contributed by atoms with Crippen LogP contribution in [0.4, 0.5) is 11.4 Å². The van der Waals surface area contributed by atoms with Crippen LogP contribution in [-0.2, 0) is 4.79 Å². The summed E-state index contributed by atoms with van der Waals surface area (Å²) in [4.78, 5) is 23.5. The molecule has 0 fully saturated rings. The Hall–Kier alpha value is -2.82. The van der Waals surface area contributed by atoms with Gasteiger partial charge >= 0.3 is 0 Å². The van der Waals surface area contributed by atoms with Crippen molar-refractivity contribution in [1.29, 1.82) is 0 Å². The smallest absolute Gasteiger partial charge is 0.255 e. The van der Waals surface area contributed by atoms with Crippen molar-refractivity contribution in [1.82, 2.24) is 0 Å². The predicted molar refractivity (Wildman–Crippen MR) is 86.4 cm³/mol. The van der Waals surface area contributed by atoms with E-state index >= 15 is 0 Å². The van der Waals surface area contributed by atoms with E-state index in [-0.39, 0.29) is 11.8 Å². The van der Waals surface area contributed by atoms with E-state index in [2.05, 4.69) is 10.6 Å². The molecule has 0 spiro atoms. The van der Waals surface area contributed by atoms with E-state index in [0.717, 1.165) is 5.56 Å². The minimum atomic E-state index is -0.267. The average molecular weight is 298 g/mol. The van der Waals surface area contributed by atoms with Crippen LogP contribution in [-0.4, -0.2) is 18.9 Å². The lowest BCUT2D eigenvalue weighted by atomic mass is 10.1. The van der Waals surface area contributed by atoms with Gasteiger partial charge in [-0.3, -0.25) is 9.59 Å². The van der Waals surface area contributed by atoms with Crippen molar-refractivity contribution in [3.8, 4) is 5.75 Å². The molecule has 5 heteroatoms. The molecule has 0 atom stereocenters. The summed E-state index contributed by atoms with van der Waals surface area (Å²) in [5, 5.41) is 5.51. The molecule has 0 unspecified atom stereocenters. The van der Waals surface area contributed by atoms with Crippen molar-refractivity contribution in [2.75, 3.05) is 17.7 Å². The Bertz CT molecular complexity index is 711. The average Bonchev–Trinajstić information content (AvgIpc) is 2.49. The monoisotopic (exact) mass is 298 g/mol. The topological polar surface area (TPSA) is 67.4 Å². The highest BCUT2D eigenvalue weighted by molar-refractivity contribution is 6.06. The van der Waals surface area contributed by atoms with Crippen LogP contribution in [0.15, 0.2) is 42.5 Å². The zero-order valence-electron chi connectivity index (χ0n) is 12.8. The number of hydrogen-bond donors (Lipinski definition) is 2. The van der Waals surface area contributed by atoms with E-state index in [0.29, 0.717) is 22.7 Å². The van der Waals surface area contributed by atoms with Crippen molar-refractivity contribution < 1.29 is 14.3 Å². The van der Waals surface area contributed by atoms with Crippen LogP contribution in [0, 0.1) is 6.92 Å². The van der Waals surface area contributed by atoms with E-state index in [4.69, 9.17) is 4.74 Å². The molecule has 0 radical (unpaired) electrons. The number of amides is 2. The maximum atomic E-state index is 12.4. The molecule has 0 aliphatic rings. The van der Waals surface area contributed by atoms with Crippen LogP contribution in [0.3, 0.4) is 0 Å². The number of carbonyl (C=O) groups is 2. The lowest BCUT2D eigenvalue weighted by Crippen LogP contribution is -2.14. The minimum Gasteiger partial charge on any atom is -0.495 e. The molecule has 0 saturated heterocycles. The molecule has 114 valence electrons. The van der Waals surface area contributed by atoms with E-state index in [9.17, 15) is 9.59 Å². The molecule has 0 bridgehead atoms. The summed E-state index contributed by atoms with van der Waals surface area (Å²) in [5.74, 6) is 0.145. The molecule has 2 amide bonds. The van der Waals surface area contributed by atoms with Gasteiger partial charge in [0.05, 0.1) is 12.8 Å². The van der Waals surface area contributed by atoms with E-state index in [1.54, 1.807) is 37.4 Å². The Morgan fingerprint density at radius 3 is 2.41 bits per heavy atom. The third-order valence-electron chi connectivity index (χ3n) is 3.17. The Morgan fingerprint density at radius 1 is 1.00 bits per heavy atom.